The molecule has 0 aliphatic carbocycles. The summed E-state index contributed by atoms with van der Waals surface area (Å²) in [6.07, 6.45) is 0. The van der Waals surface area contributed by atoms with E-state index in [1.807, 2.05) is 24.3 Å². The maximum Gasteiger partial charge on any atom is 0.344 e. The van der Waals surface area contributed by atoms with Gasteiger partial charge < -0.3 is 19.3 Å². The molecule has 6 nitrogen and oxygen atoms in total. The van der Waals surface area contributed by atoms with Gasteiger partial charge in [-0.3, -0.25) is 4.79 Å². The van der Waals surface area contributed by atoms with Crippen LogP contribution in [0.5, 0.6) is 5.75 Å². The van der Waals surface area contributed by atoms with E-state index >= 15 is 0 Å². The third kappa shape index (κ3) is 5.60. The average Bonchev–Trinajstić information content (AvgIpc) is 2.71. The Morgan fingerprint density at radius 3 is 2.39 bits per heavy atom. The van der Waals surface area contributed by atoms with Gasteiger partial charge in [-0.05, 0) is 42.5 Å². The SMILES string of the molecule is O=C(COc1ccc(F)cc1)OCC(=O)N1CCN(c2cccc(Cl)c2)CC1. The zero-order valence-electron chi connectivity index (χ0n) is 15.1. The van der Waals surface area contributed by atoms with Crippen molar-refractivity contribution in [2.24, 2.45) is 0 Å². The molecule has 1 saturated heterocycles. The van der Waals surface area contributed by atoms with Crippen LogP contribution in [-0.4, -0.2) is 56.2 Å². The van der Waals surface area contributed by atoms with E-state index in [1.54, 1.807) is 4.90 Å². The summed E-state index contributed by atoms with van der Waals surface area (Å²) < 4.78 is 23.0. The molecule has 148 valence electrons. The Labute approximate surface area is 167 Å². The number of carbonyl (C=O) groups is 2. The summed E-state index contributed by atoms with van der Waals surface area (Å²) >= 11 is 6.02. The number of halogens is 2. The van der Waals surface area contributed by atoms with Crippen molar-refractivity contribution in [3.63, 3.8) is 0 Å². The Hall–Kier alpha value is -2.80. The number of hydrogen-bond acceptors (Lipinski definition) is 5. The lowest BCUT2D eigenvalue weighted by molar-refractivity contribution is -0.153. The maximum absolute atomic E-state index is 12.8. The van der Waals surface area contributed by atoms with Gasteiger partial charge >= 0.3 is 5.97 Å². The number of piperazine rings is 1. The van der Waals surface area contributed by atoms with Crippen molar-refractivity contribution in [2.75, 3.05) is 44.3 Å². The lowest BCUT2D eigenvalue weighted by Gasteiger charge is -2.36. The van der Waals surface area contributed by atoms with Crippen LogP contribution in [0.1, 0.15) is 0 Å². The van der Waals surface area contributed by atoms with Gasteiger partial charge in [0.15, 0.2) is 13.2 Å². The standard InChI is InChI=1S/C20H20ClFN2O4/c21-15-2-1-3-17(12-15)23-8-10-24(11-9-23)19(25)13-28-20(26)14-27-18-6-4-16(22)5-7-18/h1-7,12H,8-11,13-14H2. The number of amides is 1. The predicted octanol–water partition coefficient (Wildman–Crippen LogP) is 2.75. The quantitative estimate of drug-likeness (QED) is 0.690. The monoisotopic (exact) mass is 406 g/mol. The average molecular weight is 407 g/mol. The van der Waals surface area contributed by atoms with Crippen LogP contribution in [0.4, 0.5) is 10.1 Å². The lowest BCUT2D eigenvalue weighted by atomic mass is 10.2. The van der Waals surface area contributed by atoms with Crippen molar-refractivity contribution in [1.82, 2.24) is 4.90 Å². The Morgan fingerprint density at radius 1 is 1.00 bits per heavy atom. The van der Waals surface area contributed by atoms with Crippen molar-refractivity contribution in [3.05, 3.63) is 59.4 Å². The Kier molecular flexibility index (Phi) is 6.71. The molecular formula is C20H20ClFN2O4. The van der Waals surface area contributed by atoms with E-state index in [-0.39, 0.29) is 19.1 Å². The normalized spacial score (nSPS) is 13.9. The van der Waals surface area contributed by atoms with Crippen LogP contribution in [0.15, 0.2) is 48.5 Å². The molecule has 1 heterocycles. The van der Waals surface area contributed by atoms with Crippen molar-refractivity contribution in [3.8, 4) is 5.75 Å². The van der Waals surface area contributed by atoms with Gasteiger partial charge in [-0.15, -0.1) is 0 Å². The molecule has 0 bridgehead atoms. The highest BCUT2D eigenvalue weighted by atomic mass is 35.5. The Morgan fingerprint density at radius 2 is 1.71 bits per heavy atom. The molecule has 0 saturated carbocycles. The van der Waals surface area contributed by atoms with Crippen molar-refractivity contribution >= 4 is 29.2 Å². The highest BCUT2D eigenvalue weighted by Crippen LogP contribution is 2.20. The number of rotatable bonds is 6. The molecule has 0 aromatic heterocycles. The highest BCUT2D eigenvalue weighted by molar-refractivity contribution is 6.30. The van der Waals surface area contributed by atoms with Gasteiger partial charge in [-0.2, -0.15) is 0 Å². The first-order chi connectivity index (χ1) is 13.5. The number of carbonyl (C=O) groups excluding carboxylic acids is 2. The molecule has 0 radical (unpaired) electrons. The lowest BCUT2D eigenvalue weighted by Crippen LogP contribution is -2.50. The molecule has 1 fully saturated rings. The number of anilines is 1. The third-order valence-electron chi connectivity index (χ3n) is 4.33. The zero-order valence-corrected chi connectivity index (χ0v) is 15.9. The molecule has 8 heteroatoms. The fraction of sp³-hybridized carbons (Fsp3) is 0.300. The Balaban J connectivity index is 1.38. The fourth-order valence-corrected chi connectivity index (χ4v) is 3.02. The van der Waals surface area contributed by atoms with Gasteiger partial charge in [0.1, 0.15) is 11.6 Å². The molecule has 3 rings (SSSR count). The molecule has 1 aliphatic rings. The van der Waals surface area contributed by atoms with Crippen LogP contribution in [0.2, 0.25) is 5.02 Å². The first-order valence-electron chi connectivity index (χ1n) is 8.83. The van der Waals surface area contributed by atoms with E-state index in [0.717, 1.165) is 5.69 Å². The van der Waals surface area contributed by atoms with Crippen LogP contribution < -0.4 is 9.64 Å². The number of ether oxygens (including phenoxy) is 2. The molecule has 28 heavy (non-hydrogen) atoms. The predicted molar refractivity (Wildman–Crippen MR) is 103 cm³/mol. The largest absolute Gasteiger partial charge is 0.482 e. The first kappa shape index (κ1) is 19.9. The molecule has 0 unspecified atom stereocenters. The minimum Gasteiger partial charge on any atom is -0.482 e. The fourth-order valence-electron chi connectivity index (χ4n) is 2.84. The molecule has 0 N–H and O–H groups in total. The second-order valence-corrected chi connectivity index (χ2v) is 6.69. The van der Waals surface area contributed by atoms with Gasteiger partial charge in [-0.1, -0.05) is 17.7 Å². The summed E-state index contributed by atoms with van der Waals surface area (Å²) in [7, 11) is 0. The molecule has 2 aromatic rings. The molecule has 1 amide bonds. The smallest absolute Gasteiger partial charge is 0.344 e. The maximum atomic E-state index is 12.8. The van der Waals surface area contributed by atoms with Crippen molar-refractivity contribution in [1.29, 1.82) is 0 Å². The summed E-state index contributed by atoms with van der Waals surface area (Å²) in [4.78, 5) is 27.8. The molecular weight excluding hydrogens is 387 g/mol. The summed E-state index contributed by atoms with van der Waals surface area (Å²) in [6, 6.07) is 12.9. The number of benzene rings is 2. The van der Waals surface area contributed by atoms with Crippen LogP contribution in [-0.2, 0) is 14.3 Å². The number of hydrogen-bond donors (Lipinski definition) is 0. The van der Waals surface area contributed by atoms with Gasteiger partial charge in [-0.25, -0.2) is 9.18 Å². The van der Waals surface area contributed by atoms with E-state index in [1.165, 1.54) is 24.3 Å². The van der Waals surface area contributed by atoms with Crippen LogP contribution in [0, 0.1) is 5.82 Å². The first-order valence-corrected chi connectivity index (χ1v) is 9.21. The van der Waals surface area contributed by atoms with Crippen molar-refractivity contribution in [2.45, 2.75) is 0 Å². The van der Waals surface area contributed by atoms with Crippen molar-refractivity contribution < 1.29 is 23.5 Å². The van der Waals surface area contributed by atoms with Gasteiger partial charge in [0.25, 0.3) is 5.91 Å². The minimum absolute atomic E-state index is 0.249. The number of nitrogens with zero attached hydrogens (tertiary/aromatic N) is 2. The third-order valence-corrected chi connectivity index (χ3v) is 4.57. The Bertz CT molecular complexity index is 823. The summed E-state index contributed by atoms with van der Waals surface area (Å²) in [5.74, 6) is -0.950. The molecule has 0 spiro atoms. The summed E-state index contributed by atoms with van der Waals surface area (Å²) in [6.45, 7) is 1.75. The van der Waals surface area contributed by atoms with E-state index in [2.05, 4.69) is 4.90 Å². The second kappa shape index (κ2) is 9.41. The van der Waals surface area contributed by atoms with E-state index in [0.29, 0.717) is 37.0 Å². The van der Waals surface area contributed by atoms with E-state index in [4.69, 9.17) is 21.1 Å². The second-order valence-electron chi connectivity index (χ2n) is 6.25. The highest BCUT2D eigenvalue weighted by Gasteiger charge is 2.22. The van der Waals surface area contributed by atoms with Crippen LogP contribution >= 0.6 is 11.6 Å². The van der Waals surface area contributed by atoms with Crippen LogP contribution in [0.25, 0.3) is 0 Å². The van der Waals surface area contributed by atoms with Crippen LogP contribution in [0.3, 0.4) is 0 Å². The van der Waals surface area contributed by atoms with Gasteiger partial charge in [0.05, 0.1) is 0 Å². The number of esters is 1. The molecule has 1 aliphatic heterocycles. The van der Waals surface area contributed by atoms with Gasteiger partial charge in [0, 0.05) is 36.9 Å². The van der Waals surface area contributed by atoms with E-state index in [9.17, 15) is 14.0 Å². The minimum atomic E-state index is -0.657. The van der Waals surface area contributed by atoms with E-state index < -0.39 is 11.8 Å². The topological polar surface area (TPSA) is 59.1 Å². The molecule has 2 aromatic carbocycles. The summed E-state index contributed by atoms with van der Waals surface area (Å²) in [5.41, 5.74) is 1.02. The van der Waals surface area contributed by atoms with Gasteiger partial charge in [0.2, 0.25) is 0 Å². The summed E-state index contributed by atoms with van der Waals surface area (Å²) in [5, 5.41) is 0.672. The molecule has 0 atom stereocenters. The zero-order chi connectivity index (χ0) is 19.9.